The Morgan fingerprint density at radius 3 is 2.71 bits per heavy atom. The highest BCUT2D eigenvalue weighted by Gasteiger charge is 2.19. The first-order valence-electron chi connectivity index (χ1n) is 6.19. The van der Waals surface area contributed by atoms with Crippen molar-refractivity contribution in [3.8, 4) is 0 Å². The van der Waals surface area contributed by atoms with Gasteiger partial charge < -0.3 is 5.73 Å². The number of thiophene rings is 1. The monoisotopic (exact) mass is 337 g/mol. The molecule has 0 spiro atoms. The van der Waals surface area contributed by atoms with Gasteiger partial charge in [0, 0.05) is 15.0 Å². The summed E-state index contributed by atoms with van der Waals surface area (Å²) in [5.74, 6) is -0.251. The number of thiazole rings is 1. The van der Waals surface area contributed by atoms with Crippen LogP contribution in [-0.2, 0) is 0 Å². The van der Waals surface area contributed by atoms with Crippen LogP contribution in [0.15, 0.2) is 18.2 Å². The van der Waals surface area contributed by atoms with E-state index in [0.717, 1.165) is 20.7 Å². The number of carbonyl (C=O) groups is 1. The molecule has 2 aromatic heterocycles. The van der Waals surface area contributed by atoms with Crippen molar-refractivity contribution in [2.75, 3.05) is 11.1 Å². The van der Waals surface area contributed by atoms with Crippen LogP contribution < -0.4 is 11.1 Å². The molecule has 0 fully saturated rings. The summed E-state index contributed by atoms with van der Waals surface area (Å²) in [6.45, 7) is 3.88. The maximum Gasteiger partial charge on any atom is 0.269 e. The van der Waals surface area contributed by atoms with Gasteiger partial charge in [-0.1, -0.05) is 17.7 Å². The third-order valence-corrected chi connectivity index (χ3v) is 5.63. The molecule has 7 heteroatoms. The number of halogens is 1. The fourth-order valence-corrected chi connectivity index (χ4v) is 4.16. The second-order valence-corrected chi connectivity index (χ2v) is 7.24. The number of nitrogens with zero attached hydrogens (tertiary/aromatic N) is 1. The van der Waals surface area contributed by atoms with Crippen molar-refractivity contribution in [1.29, 1.82) is 0 Å². The molecule has 1 amide bonds. The Morgan fingerprint density at radius 2 is 2.10 bits per heavy atom. The van der Waals surface area contributed by atoms with Gasteiger partial charge in [-0.15, -0.1) is 22.7 Å². The van der Waals surface area contributed by atoms with Crippen LogP contribution in [0.3, 0.4) is 0 Å². The minimum atomic E-state index is -0.251. The molecule has 3 rings (SSSR count). The molecule has 108 valence electrons. The van der Waals surface area contributed by atoms with Crippen LogP contribution in [0.2, 0.25) is 5.02 Å². The number of rotatable bonds is 2. The van der Waals surface area contributed by atoms with Crippen molar-refractivity contribution in [2.24, 2.45) is 0 Å². The first-order valence-corrected chi connectivity index (χ1v) is 8.20. The molecule has 21 heavy (non-hydrogen) atoms. The predicted octanol–water partition coefficient (Wildman–Crippen LogP) is 4.46. The number of aryl methyl sites for hydroxylation is 2. The Morgan fingerprint density at radius 1 is 1.33 bits per heavy atom. The normalized spacial score (nSPS) is 11.0. The van der Waals surface area contributed by atoms with Crippen LogP contribution in [-0.4, -0.2) is 10.9 Å². The second-order valence-electron chi connectivity index (χ2n) is 4.57. The summed E-state index contributed by atoms with van der Waals surface area (Å²) >= 11 is 8.93. The largest absolute Gasteiger partial charge is 0.397 e. The van der Waals surface area contributed by atoms with Crippen LogP contribution in [0.5, 0.6) is 0 Å². The molecule has 0 aliphatic carbocycles. The molecule has 0 aliphatic heterocycles. The number of nitrogens with one attached hydrogen (secondary N) is 1. The molecule has 0 bridgehead atoms. The lowest BCUT2D eigenvalue weighted by Crippen LogP contribution is -2.11. The van der Waals surface area contributed by atoms with E-state index in [-0.39, 0.29) is 5.91 Å². The van der Waals surface area contributed by atoms with Crippen molar-refractivity contribution in [3.05, 3.63) is 38.7 Å². The summed E-state index contributed by atoms with van der Waals surface area (Å²) in [7, 11) is 0. The Balaban J connectivity index is 1.98. The van der Waals surface area contributed by atoms with Gasteiger partial charge in [-0.05, 0) is 26.0 Å². The quantitative estimate of drug-likeness (QED) is 0.725. The molecule has 2 heterocycles. The summed E-state index contributed by atoms with van der Waals surface area (Å²) in [4.78, 5) is 18.2. The van der Waals surface area contributed by atoms with Crippen LogP contribution in [0.4, 0.5) is 10.8 Å². The average molecular weight is 338 g/mol. The van der Waals surface area contributed by atoms with Crippen LogP contribution in [0.25, 0.3) is 10.1 Å². The van der Waals surface area contributed by atoms with Crippen molar-refractivity contribution in [1.82, 2.24) is 4.98 Å². The van der Waals surface area contributed by atoms with E-state index >= 15 is 0 Å². The summed E-state index contributed by atoms with van der Waals surface area (Å²) in [6.07, 6.45) is 0. The van der Waals surface area contributed by atoms with Crippen molar-refractivity contribution >= 4 is 61.1 Å². The minimum absolute atomic E-state index is 0.251. The average Bonchev–Trinajstić information content (AvgIpc) is 2.92. The molecule has 3 N–H and O–H groups in total. The number of nitrogens with two attached hydrogens (primary N) is 1. The maximum atomic E-state index is 12.4. The number of benzene rings is 1. The lowest BCUT2D eigenvalue weighted by Gasteiger charge is -2.00. The van der Waals surface area contributed by atoms with Gasteiger partial charge in [0.15, 0.2) is 5.13 Å². The van der Waals surface area contributed by atoms with Gasteiger partial charge in [-0.2, -0.15) is 0 Å². The van der Waals surface area contributed by atoms with Crippen molar-refractivity contribution in [3.63, 3.8) is 0 Å². The third kappa shape index (κ3) is 2.50. The van der Waals surface area contributed by atoms with E-state index in [1.165, 1.54) is 22.7 Å². The molecule has 0 saturated heterocycles. The fraction of sp³-hybridized carbons (Fsp3) is 0.143. The summed E-state index contributed by atoms with van der Waals surface area (Å²) in [5, 5.41) is 4.67. The molecule has 3 aromatic rings. The summed E-state index contributed by atoms with van der Waals surface area (Å²) in [5.41, 5.74) is 7.42. The SMILES string of the molecule is Cc1nc(NC(=O)c2sc3cccc(Cl)c3c2N)sc1C. The van der Waals surface area contributed by atoms with Gasteiger partial charge in [0.1, 0.15) is 4.88 Å². The van der Waals surface area contributed by atoms with Crippen molar-refractivity contribution in [2.45, 2.75) is 13.8 Å². The van der Waals surface area contributed by atoms with Gasteiger partial charge in [0.25, 0.3) is 5.91 Å². The maximum absolute atomic E-state index is 12.4. The first-order chi connectivity index (χ1) is 9.97. The number of anilines is 2. The number of nitrogen functional groups attached to an aromatic ring is 1. The molecule has 4 nitrogen and oxygen atoms in total. The van der Waals surface area contributed by atoms with Gasteiger partial charge >= 0.3 is 0 Å². The van der Waals surface area contributed by atoms with E-state index in [4.69, 9.17) is 17.3 Å². The van der Waals surface area contributed by atoms with Crippen molar-refractivity contribution < 1.29 is 4.79 Å². The number of amides is 1. The Bertz CT molecular complexity index is 834. The molecule has 0 radical (unpaired) electrons. The Hall–Kier alpha value is -1.63. The summed E-state index contributed by atoms with van der Waals surface area (Å²) < 4.78 is 0.900. The summed E-state index contributed by atoms with van der Waals surface area (Å²) in [6, 6.07) is 5.51. The van der Waals surface area contributed by atoms with Crippen LogP contribution >= 0.6 is 34.3 Å². The molecule has 0 aliphatic rings. The van der Waals surface area contributed by atoms with Gasteiger partial charge in [-0.3, -0.25) is 10.1 Å². The zero-order chi connectivity index (χ0) is 15.1. The molecule has 0 atom stereocenters. The minimum Gasteiger partial charge on any atom is -0.397 e. The zero-order valence-corrected chi connectivity index (χ0v) is 13.7. The van der Waals surface area contributed by atoms with E-state index in [9.17, 15) is 4.79 Å². The highest BCUT2D eigenvalue weighted by molar-refractivity contribution is 7.22. The second kappa shape index (κ2) is 5.29. The van der Waals surface area contributed by atoms with Gasteiger partial charge in [-0.25, -0.2) is 4.98 Å². The molecular formula is C14H12ClN3OS2. The van der Waals surface area contributed by atoms with Gasteiger partial charge in [0.05, 0.1) is 16.4 Å². The number of fused-ring (bicyclic) bond motifs is 1. The topological polar surface area (TPSA) is 68.0 Å². The number of hydrogen-bond donors (Lipinski definition) is 2. The lowest BCUT2D eigenvalue weighted by molar-refractivity contribution is 0.103. The molecule has 0 saturated carbocycles. The fourth-order valence-electron chi connectivity index (χ4n) is 1.98. The number of hydrogen-bond acceptors (Lipinski definition) is 5. The van der Waals surface area contributed by atoms with Crippen LogP contribution in [0.1, 0.15) is 20.2 Å². The highest BCUT2D eigenvalue weighted by atomic mass is 35.5. The smallest absolute Gasteiger partial charge is 0.269 e. The lowest BCUT2D eigenvalue weighted by atomic mass is 10.2. The van der Waals surface area contributed by atoms with E-state index < -0.39 is 0 Å². The van der Waals surface area contributed by atoms with E-state index in [1.54, 1.807) is 6.07 Å². The molecule has 0 unspecified atom stereocenters. The Labute approximate surface area is 134 Å². The third-order valence-electron chi connectivity index (χ3n) is 3.16. The Kier molecular flexibility index (Phi) is 3.61. The highest BCUT2D eigenvalue weighted by Crippen LogP contribution is 2.38. The molecular weight excluding hydrogens is 326 g/mol. The predicted molar refractivity (Wildman–Crippen MR) is 90.8 cm³/mol. The zero-order valence-electron chi connectivity index (χ0n) is 11.4. The van der Waals surface area contributed by atoms with E-state index in [2.05, 4.69) is 10.3 Å². The first kappa shape index (κ1) is 14.3. The standard InChI is InChI=1S/C14H12ClN3OS2/c1-6-7(2)20-14(17-6)18-13(19)12-11(16)10-8(15)4-3-5-9(10)21-12/h3-5H,16H2,1-2H3,(H,17,18,19). The molecule has 1 aromatic carbocycles. The number of aromatic nitrogens is 1. The van der Waals surface area contributed by atoms with E-state index in [0.29, 0.717) is 20.7 Å². The van der Waals surface area contributed by atoms with Crippen LogP contribution in [0, 0.1) is 13.8 Å². The number of carbonyl (C=O) groups excluding carboxylic acids is 1. The van der Waals surface area contributed by atoms with Gasteiger partial charge in [0.2, 0.25) is 0 Å². The van der Waals surface area contributed by atoms with E-state index in [1.807, 2.05) is 26.0 Å².